The van der Waals surface area contributed by atoms with E-state index in [1.807, 2.05) is 0 Å². The lowest BCUT2D eigenvalue weighted by molar-refractivity contribution is -0.181. The van der Waals surface area contributed by atoms with Gasteiger partial charge in [0.1, 0.15) is 0 Å². The summed E-state index contributed by atoms with van der Waals surface area (Å²) >= 11 is 0. The summed E-state index contributed by atoms with van der Waals surface area (Å²) in [4.78, 5) is 83.9. The number of aromatic nitrogens is 1. The van der Waals surface area contributed by atoms with Gasteiger partial charge in [0.15, 0.2) is 40.2 Å². The van der Waals surface area contributed by atoms with E-state index in [0.29, 0.717) is 11.3 Å². The summed E-state index contributed by atoms with van der Waals surface area (Å²) in [5, 5.41) is 11.6. The number of nitrogens with one attached hydrogen (secondary N) is 1. The van der Waals surface area contributed by atoms with Crippen molar-refractivity contribution in [3.05, 3.63) is 27.7 Å². The van der Waals surface area contributed by atoms with Crippen molar-refractivity contribution in [2.24, 2.45) is 29.4 Å². The molecule has 0 radical (unpaired) electrons. The van der Waals surface area contributed by atoms with E-state index in [1.165, 1.54) is 4.90 Å². The molecule has 0 saturated heterocycles. The fraction of sp³-hybridized carbons (Fsp3) is 0.500. The summed E-state index contributed by atoms with van der Waals surface area (Å²) in [6, 6.07) is 0.548. The van der Waals surface area contributed by atoms with Gasteiger partial charge < -0.3 is 20.2 Å². The maximum atomic E-state index is 13.9. The molecule has 12 nitrogen and oxygen atoms in total. The van der Waals surface area contributed by atoms with Crippen LogP contribution in [0.5, 0.6) is 0 Å². The van der Waals surface area contributed by atoms with Gasteiger partial charge in [0.25, 0.3) is 0 Å². The molecule has 190 valence electrons. The van der Waals surface area contributed by atoms with Crippen molar-refractivity contribution in [1.29, 1.82) is 0 Å². The number of rotatable bonds is 3. The van der Waals surface area contributed by atoms with Gasteiger partial charge >= 0.3 is 5.76 Å². The molecule has 3 aliphatic rings. The minimum atomic E-state index is -2.74. The number of hydrogen-bond donors (Lipinski definition) is 3. The Bertz CT molecular complexity index is 1440. The number of amides is 1. The van der Waals surface area contributed by atoms with E-state index >= 15 is 0 Å². The predicted molar refractivity (Wildman–Crippen MR) is 124 cm³/mol. The Kier molecular flexibility index (Phi) is 5.13. The second-order valence-corrected chi connectivity index (χ2v) is 10.3. The van der Waals surface area contributed by atoms with Crippen LogP contribution in [-0.2, 0) is 25.6 Å². The molecular formula is C24H26N4O8. The number of aromatic amines is 1. The first-order valence-electron chi connectivity index (χ1n) is 11.5. The number of carbonyl (C=O) groups is 5. The molecule has 1 heterocycles. The van der Waals surface area contributed by atoms with Crippen LogP contribution in [0, 0.1) is 23.7 Å². The Morgan fingerprint density at radius 2 is 1.81 bits per heavy atom. The largest absolute Gasteiger partial charge is 0.417 e. The summed E-state index contributed by atoms with van der Waals surface area (Å²) in [5.74, 6) is -11.0. The van der Waals surface area contributed by atoms with Gasteiger partial charge in [-0.3, -0.25) is 33.9 Å². The predicted octanol–water partition coefficient (Wildman–Crippen LogP) is -1.34. The van der Waals surface area contributed by atoms with Gasteiger partial charge in [-0.15, -0.1) is 0 Å². The summed E-state index contributed by atoms with van der Waals surface area (Å²) in [6.45, 7) is 0. The minimum absolute atomic E-state index is 0.00251. The molecule has 1 aromatic carbocycles. The highest BCUT2D eigenvalue weighted by Gasteiger charge is 2.69. The van der Waals surface area contributed by atoms with Crippen LogP contribution in [0.2, 0.25) is 0 Å². The third-order valence-electron chi connectivity index (χ3n) is 7.93. The summed E-state index contributed by atoms with van der Waals surface area (Å²) < 4.78 is 5.25. The van der Waals surface area contributed by atoms with Crippen molar-refractivity contribution in [1.82, 2.24) is 9.88 Å². The van der Waals surface area contributed by atoms with E-state index in [-0.39, 0.29) is 29.5 Å². The first kappa shape index (κ1) is 24.1. The molecule has 5 rings (SSSR count). The highest BCUT2D eigenvalue weighted by atomic mass is 16.4. The Hall–Kier alpha value is -3.64. The molecular weight excluding hydrogens is 472 g/mol. The highest BCUT2D eigenvalue weighted by Crippen LogP contribution is 2.51. The number of fused-ring (bicyclic) bond motifs is 5. The van der Waals surface area contributed by atoms with Crippen LogP contribution in [-0.4, -0.2) is 83.9 Å². The average Bonchev–Trinajstić information content (AvgIpc) is 3.14. The molecule has 1 aromatic heterocycles. The van der Waals surface area contributed by atoms with Crippen molar-refractivity contribution in [2.45, 2.75) is 24.5 Å². The van der Waals surface area contributed by atoms with Crippen LogP contribution in [0.1, 0.15) is 22.3 Å². The number of H-pyrrole nitrogens is 1. The third-order valence-corrected chi connectivity index (χ3v) is 7.93. The zero-order chi connectivity index (χ0) is 26.4. The molecule has 2 unspecified atom stereocenters. The lowest BCUT2D eigenvalue weighted by atomic mass is 9.52. The molecule has 2 saturated carbocycles. The molecule has 0 spiro atoms. The molecule has 1 amide bonds. The first-order chi connectivity index (χ1) is 16.8. The number of nitrogens with zero attached hydrogens (tertiary/aromatic N) is 2. The SMILES string of the molecule is CN(C)c1cc2[nH]c(=O)oc2c2c1C[C@H]1C[C@H]3[C@H](N(C)C)C(=O)C(C(N)=O)C(=O)[C@@]3(O)C(=O)C1C2=O. The second-order valence-electron chi connectivity index (χ2n) is 10.3. The van der Waals surface area contributed by atoms with E-state index in [9.17, 15) is 33.9 Å². The Labute approximate surface area is 204 Å². The summed E-state index contributed by atoms with van der Waals surface area (Å²) in [7, 11) is 6.63. The second kappa shape index (κ2) is 7.68. The van der Waals surface area contributed by atoms with Gasteiger partial charge in [-0.2, -0.15) is 0 Å². The Balaban J connectivity index is 1.72. The maximum absolute atomic E-state index is 13.9. The lowest BCUT2D eigenvalue weighted by Gasteiger charge is -2.52. The highest BCUT2D eigenvalue weighted by molar-refractivity contribution is 6.32. The van der Waals surface area contributed by atoms with Crippen LogP contribution in [0.3, 0.4) is 0 Å². The average molecular weight is 498 g/mol. The number of Topliss-reactive ketones (excluding diaryl/α,β-unsaturated/α-hetero) is 4. The summed E-state index contributed by atoms with van der Waals surface area (Å²) in [6.07, 6.45) is 0.218. The van der Waals surface area contributed by atoms with Gasteiger partial charge in [0.2, 0.25) is 5.91 Å². The molecule has 6 atom stereocenters. The topological polar surface area (TPSA) is 184 Å². The number of likely N-dealkylation sites (N-methyl/N-ethyl adjacent to an activating group) is 1. The molecule has 0 aliphatic heterocycles. The molecule has 0 bridgehead atoms. The number of carbonyl (C=O) groups excluding carboxylic acids is 5. The van der Waals surface area contributed by atoms with Crippen molar-refractivity contribution in [2.75, 3.05) is 33.1 Å². The monoisotopic (exact) mass is 498 g/mol. The maximum Gasteiger partial charge on any atom is 0.417 e. The number of hydrogen-bond acceptors (Lipinski definition) is 10. The summed E-state index contributed by atoms with van der Waals surface area (Å²) in [5.41, 5.74) is 4.12. The van der Waals surface area contributed by atoms with Crippen LogP contribution in [0.25, 0.3) is 11.1 Å². The number of anilines is 1. The van der Waals surface area contributed by atoms with E-state index in [4.69, 9.17) is 10.2 Å². The van der Waals surface area contributed by atoms with Crippen molar-refractivity contribution < 1.29 is 33.5 Å². The van der Waals surface area contributed by atoms with E-state index < -0.39 is 70.1 Å². The molecule has 12 heteroatoms. The van der Waals surface area contributed by atoms with E-state index in [2.05, 4.69) is 4.98 Å². The zero-order valence-corrected chi connectivity index (χ0v) is 20.2. The van der Waals surface area contributed by atoms with Gasteiger partial charge in [-0.05, 0) is 44.5 Å². The molecule has 4 N–H and O–H groups in total. The quantitative estimate of drug-likeness (QED) is 0.428. The standard InChI is InChI=1S/C24H26N4O8/c1-27(2)12-7-11-19(36-23(34)26-11)14-9(12)5-8-6-10-16(28(3)4)18(30)15(22(25)33)21(32)24(10,35)20(31)13(8)17(14)29/h7-8,10,13,15-16,35H,5-6H2,1-4H3,(H2,25,33)(H,26,34)/t8-,10-,13?,15?,16-,24-/m0/s1. The number of aliphatic hydroxyl groups is 1. The Morgan fingerprint density at radius 1 is 1.14 bits per heavy atom. The van der Waals surface area contributed by atoms with E-state index in [0.717, 1.165) is 0 Å². The number of benzene rings is 1. The smallest absolute Gasteiger partial charge is 0.407 e. The van der Waals surface area contributed by atoms with Crippen LogP contribution in [0.4, 0.5) is 5.69 Å². The number of primary amides is 1. The van der Waals surface area contributed by atoms with Crippen molar-refractivity contribution in [3.8, 4) is 0 Å². The number of ketones is 4. The fourth-order valence-corrected chi connectivity index (χ4v) is 6.46. The van der Waals surface area contributed by atoms with Crippen LogP contribution in [0.15, 0.2) is 15.3 Å². The van der Waals surface area contributed by atoms with Gasteiger partial charge in [-0.1, -0.05) is 0 Å². The van der Waals surface area contributed by atoms with Gasteiger partial charge in [-0.25, -0.2) is 4.79 Å². The minimum Gasteiger partial charge on any atom is -0.407 e. The van der Waals surface area contributed by atoms with Crippen molar-refractivity contribution >= 4 is 45.8 Å². The first-order valence-corrected chi connectivity index (χ1v) is 11.5. The number of oxazole rings is 1. The lowest BCUT2D eigenvalue weighted by Crippen LogP contribution is -2.74. The molecule has 3 aliphatic carbocycles. The molecule has 2 fully saturated rings. The third kappa shape index (κ3) is 2.94. The molecule has 36 heavy (non-hydrogen) atoms. The normalized spacial score (nSPS) is 31.9. The fourth-order valence-electron chi connectivity index (χ4n) is 6.46. The van der Waals surface area contributed by atoms with Crippen molar-refractivity contribution in [3.63, 3.8) is 0 Å². The van der Waals surface area contributed by atoms with Crippen LogP contribution < -0.4 is 16.4 Å². The van der Waals surface area contributed by atoms with E-state index in [1.54, 1.807) is 39.2 Å². The van der Waals surface area contributed by atoms with Gasteiger partial charge in [0, 0.05) is 25.7 Å². The Morgan fingerprint density at radius 3 is 2.39 bits per heavy atom. The number of nitrogens with two attached hydrogens (primary N) is 1. The molecule has 2 aromatic rings. The van der Waals surface area contributed by atoms with Crippen LogP contribution >= 0.6 is 0 Å². The zero-order valence-electron chi connectivity index (χ0n) is 20.2. The van der Waals surface area contributed by atoms with Gasteiger partial charge in [0.05, 0.1) is 23.0 Å².